The molecule has 0 saturated heterocycles. The number of aliphatic imine (C=N–C) groups is 1. The molecule has 0 saturated carbocycles. The number of carbonyl (C=O) groups is 2. The van der Waals surface area contributed by atoms with Crippen molar-refractivity contribution in [3.8, 4) is 0 Å². The van der Waals surface area contributed by atoms with Gasteiger partial charge in [0.25, 0.3) is 0 Å². The van der Waals surface area contributed by atoms with Crippen LogP contribution in [-0.4, -0.2) is 63.2 Å². The third kappa shape index (κ3) is 15.6. The molecule has 0 bridgehead atoms. The number of ether oxygens (including phenoxy) is 1. The molecule has 0 rings (SSSR count). The van der Waals surface area contributed by atoms with Crippen LogP contribution in [0.15, 0.2) is 4.99 Å². The Labute approximate surface area is 155 Å². The van der Waals surface area contributed by atoms with E-state index in [1.54, 1.807) is 7.11 Å². The molecular weight excluding hydrogens is 413 g/mol. The molecule has 136 valence electrons. The lowest BCUT2D eigenvalue weighted by atomic mass is 10.1. The largest absolute Gasteiger partial charge is 0.383 e. The van der Waals surface area contributed by atoms with E-state index in [9.17, 15) is 9.59 Å². The van der Waals surface area contributed by atoms with Crippen molar-refractivity contribution in [3.63, 3.8) is 0 Å². The summed E-state index contributed by atoms with van der Waals surface area (Å²) in [6.45, 7) is 9.26. The van der Waals surface area contributed by atoms with Crippen molar-refractivity contribution in [3.05, 3.63) is 0 Å². The van der Waals surface area contributed by atoms with Crippen molar-refractivity contribution in [1.82, 2.24) is 21.3 Å². The van der Waals surface area contributed by atoms with Crippen molar-refractivity contribution in [1.29, 1.82) is 0 Å². The molecule has 0 spiro atoms. The van der Waals surface area contributed by atoms with Crippen LogP contribution in [0.1, 0.15) is 27.7 Å². The Hall–Kier alpha value is -1.10. The second kappa shape index (κ2) is 13.3. The normalized spacial score (nSPS) is 11.3. The fraction of sp³-hybridized carbons (Fsp3) is 0.786. The predicted octanol–water partition coefficient (Wildman–Crippen LogP) is -0.163. The van der Waals surface area contributed by atoms with E-state index in [-0.39, 0.29) is 54.4 Å². The van der Waals surface area contributed by atoms with E-state index in [2.05, 4.69) is 26.3 Å². The van der Waals surface area contributed by atoms with Crippen molar-refractivity contribution >= 4 is 41.8 Å². The number of rotatable bonds is 8. The summed E-state index contributed by atoms with van der Waals surface area (Å²) in [5.74, 6) is 0.0875. The maximum absolute atomic E-state index is 11.7. The zero-order valence-corrected chi connectivity index (χ0v) is 16.9. The van der Waals surface area contributed by atoms with Gasteiger partial charge < -0.3 is 26.0 Å². The molecule has 8 nitrogen and oxygen atoms in total. The summed E-state index contributed by atoms with van der Waals surface area (Å²) in [7, 11) is 1.57. The third-order valence-electron chi connectivity index (χ3n) is 2.28. The Bertz CT molecular complexity index is 383. The zero-order valence-electron chi connectivity index (χ0n) is 14.6. The first-order chi connectivity index (χ1) is 10.3. The summed E-state index contributed by atoms with van der Waals surface area (Å²) >= 11 is 0. The number of guanidine groups is 1. The van der Waals surface area contributed by atoms with E-state index in [0.717, 1.165) is 0 Å². The molecule has 23 heavy (non-hydrogen) atoms. The molecule has 0 aliphatic rings. The number of hydrogen-bond donors (Lipinski definition) is 4. The maximum atomic E-state index is 11.7. The van der Waals surface area contributed by atoms with E-state index in [4.69, 9.17) is 4.74 Å². The van der Waals surface area contributed by atoms with Crippen LogP contribution >= 0.6 is 24.0 Å². The van der Waals surface area contributed by atoms with Crippen molar-refractivity contribution in [2.24, 2.45) is 4.99 Å². The van der Waals surface area contributed by atoms with E-state index >= 15 is 0 Å². The number of nitrogens with one attached hydrogen (secondary N) is 4. The molecule has 0 aromatic rings. The molecule has 0 fully saturated rings. The molecule has 0 aromatic carbocycles. The van der Waals surface area contributed by atoms with Crippen molar-refractivity contribution < 1.29 is 14.3 Å². The summed E-state index contributed by atoms with van der Waals surface area (Å²) in [6, 6.07) is 0. The Morgan fingerprint density at radius 3 is 2.26 bits per heavy atom. The third-order valence-corrected chi connectivity index (χ3v) is 2.28. The molecule has 0 unspecified atom stereocenters. The van der Waals surface area contributed by atoms with Crippen LogP contribution < -0.4 is 21.3 Å². The van der Waals surface area contributed by atoms with Crippen LogP contribution in [0.2, 0.25) is 0 Å². The number of hydrogen-bond acceptors (Lipinski definition) is 4. The van der Waals surface area contributed by atoms with Gasteiger partial charge in [-0.15, -0.1) is 24.0 Å². The maximum Gasteiger partial charge on any atom is 0.242 e. The fourth-order valence-corrected chi connectivity index (χ4v) is 1.47. The average Bonchev–Trinajstić information content (AvgIpc) is 2.40. The Kier molecular flexibility index (Phi) is 14.0. The molecule has 4 N–H and O–H groups in total. The minimum absolute atomic E-state index is 0. The van der Waals surface area contributed by atoms with Crippen LogP contribution in [0.3, 0.4) is 0 Å². The van der Waals surface area contributed by atoms with Gasteiger partial charge in [0.15, 0.2) is 5.96 Å². The van der Waals surface area contributed by atoms with Gasteiger partial charge in [-0.1, -0.05) is 0 Å². The van der Waals surface area contributed by atoms with Gasteiger partial charge in [0.05, 0.1) is 13.2 Å². The summed E-state index contributed by atoms with van der Waals surface area (Å²) in [5.41, 5.74) is -0.292. The number of halogens is 1. The smallest absolute Gasteiger partial charge is 0.242 e. The molecule has 0 atom stereocenters. The summed E-state index contributed by atoms with van der Waals surface area (Å²) in [5, 5.41) is 11.4. The van der Waals surface area contributed by atoms with Crippen molar-refractivity contribution in [2.75, 3.05) is 39.9 Å². The highest BCUT2D eigenvalue weighted by atomic mass is 127. The molecular formula is C14H30IN5O3. The molecule has 2 amide bonds. The number of amides is 2. The summed E-state index contributed by atoms with van der Waals surface area (Å²) in [6.07, 6.45) is 0. The van der Waals surface area contributed by atoms with Gasteiger partial charge >= 0.3 is 0 Å². The van der Waals surface area contributed by atoms with Crippen LogP contribution in [0.4, 0.5) is 0 Å². The molecule has 0 aliphatic carbocycles. The highest BCUT2D eigenvalue weighted by Crippen LogP contribution is 1.97. The van der Waals surface area contributed by atoms with Crippen LogP contribution in [0.25, 0.3) is 0 Å². The van der Waals surface area contributed by atoms with E-state index < -0.39 is 0 Å². The van der Waals surface area contributed by atoms with E-state index in [0.29, 0.717) is 25.7 Å². The lowest BCUT2D eigenvalue weighted by Crippen LogP contribution is -2.45. The van der Waals surface area contributed by atoms with Gasteiger partial charge in [-0.2, -0.15) is 0 Å². The van der Waals surface area contributed by atoms with E-state index in [1.807, 2.05) is 27.7 Å². The highest BCUT2D eigenvalue weighted by molar-refractivity contribution is 14.0. The number of nitrogens with zero attached hydrogens (tertiary/aromatic N) is 1. The van der Waals surface area contributed by atoms with E-state index in [1.165, 1.54) is 0 Å². The van der Waals surface area contributed by atoms with Crippen LogP contribution in [0.5, 0.6) is 0 Å². The topological polar surface area (TPSA) is 104 Å². The quantitative estimate of drug-likeness (QED) is 0.181. The minimum Gasteiger partial charge on any atom is -0.383 e. The Morgan fingerprint density at radius 2 is 1.74 bits per heavy atom. The monoisotopic (exact) mass is 443 g/mol. The summed E-state index contributed by atoms with van der Waals surface area (Å²) < 4.78 is 4.85. The second-order valence-electron chi connectivity index (χ2n) is 5.69. The van der Waals surface area contributed by atoms with Gasteiger partial charge in [0, 0.05) is 25.7 Å². The lowest BCUT2D eigenvalue weighted by Gasteiger charge is -2.20. The molecule has 0 aromatic heterocycles. The van der Waals surface area contributed by atoms with Crippen LogP contribution in [-0.2, 0) is 14.3 Å². The fourth-order valence-electron chi connectivity index (χ4n) is 1.47. The SMILES string of the molecule is CCNC(=NCC(=O)NC(C)(C)C)NCC(=O)NCCOC.I. The first kappa shape index (κ1) is 24.2. The zero-order chi connectivity index (χ0) is 17.0. The minimum atomic E-state index is -0.292. The summed E-state index contributed by atoms with van der Waals surface area (Å²) in [4.78, 5) is 27.4. The van der Waals surface area contributed by atoms with Crippen LogP contribution in [0, 0.1) is 0 Å². The molecule has 0 aliphatic heterocycles. The Morgan fingerprint density at radius 1 is 1.09 bits per heavy atom. The van der Waals surface area contributed by atoms with Crippen molar-refractivity contribution in [2.45, 2.75) is 33.2 Å². The molecule has 0 radical (unpaired) electrons. The predicted molar refractivity (Wildman–Crippen MR) is 102 cm³/mol. The average molecular weight is 443 g/mol. The van der Waals surface area contributed by atoms with Gasteiger partial charge in [0.2, 0.25) is 11.8 Å². The van der Waals surface area contributed by atoms with Gasteiger partial charge in [0.1, 0.15) is 6.54 Å². The molecule has 0 heterocycles. The first-order valence-electron chi connectivity index (χ1n) is 7.37. The molecule has 9 heteroatoms. The standard InChI is InChI=1S/C14H29N5O3.HI/c1-6-15-13(17-9-11(20)16-7-8-22-5)18-10-12(21)19-14(2,3)4;/h6-10H2,1-5H3,(H,16,20)(H,19,21)(H2,15,17,18);1H. The first-order valence-corrected chi connectivity index (χ1v) is 7.37. The number of carbonyl (C=O) groups excluding carboxylic acids is 2. The highest BCUT2D eigenvalue weighted by Gasteiger charge is 2.13. The van der Waals surface area contributed by atoms with Gasteiger partial charge in [-0.25, -0.2) is 4.99 Å². The Balaban J connectivity index is 0. The van der Waals surface area contributed by atoms with Gasteiger partial charge in [-0.3, -0.25) is 9.59 Å². The second-order valence-corrected chi connectivity index (χ2v) is 5.69. The number of methoxy groups -OCH3 is 1. The van der Waals surface area contributed by atoms with Gasteiger partial charge in [-0.05, 0) is 27.7 Å². The lowest BCUT2D eigenvalue weighted by molar-refractivity contribution is -0.121.